The number of nitrogens with zero attached hydrogens (tertiary/aromatic N) is 3. The van der Waals surface area contributed by atoms with Crippen LogP contribution in [0.25, 0.3) is 0 Å². The van der Waals surface area contributed by atoms with Crippen molar-refractivity contribution in [3.63, 3.8) is 0 Å². The second kappa shape index (κ2) is 8.80. The smallest absolute Gasteiger partial charge is 0.363 e. The summed E-state index contributed by atoms with van der Waals surface area (Å²) in [7, 11) is 0. The van der Waals surface area contributed by atoms with E-state index in [-0.39, 0.29) is 30.0 Å². The summed E-state index contributed by atoms with van der Waals surface area (Å²) in [4.78, 5) is 16.3. The Balaban J connectivity index is 1.60. The minimum atomic E-state index is -4.58. The average Bonchev–Trinajstić information content (AvgIpc) is 3.21. The minimum absolute atomic E-state index is 0.0850. The van der Waals surface area contributed by atoms with E-state index in [1.165, 1.54) is 0 Å². The van der Waals surface area contributed by atoms with Crippen LogP contribution in [0.3, 0.4) is 0 Å². The lowest BCUT2D eigenvalue weighted by molar-refractivity contribution is -0.173. The van der Waals surface area contributed by atoms with Gasteiger partial charge in [0.25, 0.3) is 5.91 Å². The second-order valence-corrected chi connectivity index (χ2v) is 7.70. The SMILES string of the molecule is CCc1ccc([C@H]2C[C@@H](C(F)(F)F)n3ncc(C(=O)NCc4ncc(F)cc4F)c3N2)cc1. The van der Waals surface area contributed by atoms with E-state index in [1.54, 1.807) is 12.1 Å². The molecule has 0 saturated heterocycles. The number of hydrogen-bond donors (Lipinski definition) is 2. The van der Waals surface area contributed by atoms with Crippen molar-refractivity contribution in [2.24, 2.45) is 0 Å². The van der Waals surface area contributed by atoms with E-state index in [4.69, 9.17) is 0 Å². The Bertz CT molecular complexity index is 1160. The number of anilines is 1. The molecule has 174 valence electrons. The number of aryl methyl sites for hydroxylation is 1. The number of fused-ring (bicyclic) bond motifs is 1. The van der Waals surface area contributed by atoms with Gasteiger partial charge in [0.2, 0.25) is 0 Å². The third kappa shape index (κ3) is 4.67. The Labute approximate surface area is 185 Å². The summed E-state index contributed by atoms with van der Waals surface area (Å²) in [5.74, 6) is -2.66. The number of rotatable bonds is 5. The summed E-state index contributed by atoms with van der Waals surface area (Å²) in [6.45, 7) is 1.60. The van der Waals surface area contributed by atoms with Crippen LogP contribution in [0.4, 0.5) is 27.8 Å². The number of halogens is 5. The van der Waals surface area contributed by atoms with Gasteiger partial charge >= 0.3 is 6.18 Å². The van der Waals surface area contributed by atoms with E-state index in [9.17, 15) is 26.7 Å². The monoisotopic (exact) mass is 465 g/mol. The summed E-state index contributed by atoms with van der Waals surface area (Å²) in [6, 6.07) is 5.22. The van der Waals surface area contributed by atoms with Gasteiger partial charge in [-0.2, -0.15) is 18.3 Å². The summed E-state index contributed by atoms with van der Waals surface area (Å²) >= 11 is 0. The van der Waals surface area contributed by atoms with Gasteiger partial charge < -0.3 is 10.6 Å². The quantitative estimate of drug-likeness (QED) is 0.536. The van der Waals surface area contributed by atoms with E-state index in [1.807, 2.05) is 19.1 Å². The molecule has 0 aliphatic carbocycles. The highest BCUT2D eigenvalue weighted by Gasteiger charge is 2.47. The molecular weight excluding hydrogens is 445 g/mol. The Hall–Kier alpha value is -3.50. The first-order valence-corrected chi connectivity index (χ1v) is 10.2. The number of benzene rings is 1. The van der Waals surface area contributed by atoms with Gasteiger partial charge in [0.1, 0.15) is 23.0 Å². The van der Waals surface area contributed by atoms with E-state index >= 15 is 0 Å². The molecule has 1 aliphatic rings. The van der Waals surface area contributed by atoms with Gasteiger partial charge in [-0.15, -0.1) is 0 Å². The molecule has 1 aromatic carbocycles. The fraction of sp³-hybridized carbons (Fsp3) is 0.318. The zero-order valence-corrected chi connectivity index (χ0v) is 17.5. The first kappa shape index (κ1) is 22.7. The standard InChI is InChI=1S/C22H20F5N5O/c1-2-12-3-5-13(6-4-12)17-8-19(22(25,26)27)32-20(31-17)15(10-30-32)21(33)29-11-18-16(24)7-14(23)9-28-18/h3-7,9-10,17,19,31H,2,8,11H2,1H3,(H,29,33)/t17-,19+/m1/s1. The maximum absolute atomic E-state index is 13.8. The van der Waals surface area contributed by atoms with Gasteiger partial charge in [-0.1, -0.05) is 31.2 Å². The van der Waals surface area contributed by atoms with Crippen LogP contribution in [0, 0.1) is 11.6 Å². The minimum Gasteiger partial charge on any atom is -0.363 e. The largest absolute Gasteiger partial charge is 0.410 e. The molecule has 1 amide bonds. The molecule has 2 N–H and O–H groups in total. The van der Waals surface area contributed by atoms with E-state index in [0.29, 0.717) is 11.6 Å². The van der Waals surface area contributed by atoms with Gasteiger partial charge in [-0.3, -0.25) is 9.78 Å². The third-order valence-electron chi connectivity index (χ3n) is 5.57. The van der Waals surface area contributed by atoms with Crippen molar-refractivity contribution in [1.82, 2.24) is 20.1 Å². The van der Waals surface area contributed by atoms with Crippen LogP contribution in [0.1, 0.15) is 52.6 Å². The highest BCUT2D eigenvalue weighted by atomic mass is 19.4. The molecule has 2 aromatic heterocycles. The predicted molar refractivity (Wildman–Crippen MR) is 109 cm³/mol. The number of hydrogen-bond acceptors (Lipinski definition) is 4. The number of amides is 1. The van der Waals surface area contributed by atoms with Crippen LogP contribution < -0.4 is 10.6 Å². The molecule has 33 heavy (non-hydrogen) atoms. The fourth-order valence-corrected chi connectivity index (χ4v) is 3.77. The summed E-state index contributed by atoms with van der Waals surface area (Å²) in [5.41, 5.74) is 1.37. The van der Waals surface area contributed by atoms with Crippen LogP contribution in [-0.2, 0) is 13.0 Å². The van der Waals surface area contributed by atoms with Gasteiger partial charge in [0, 0.05) is 12.5 Å². The number of alkyl halides is 3. The van der Waals surface area contributed by atoms with Crippen molar-refractivity contribution in [3.8, 4) is 0 Å². The molecule has 0 saturated carbocycles. The number of carbonyl (C=O) groups excluding carboxylic acids is 1. The Kier molecular flexibility index (Phi) is 6.05. The molecule has 0 spiro atoms. The van der Waals surface area contributed by atoms with Crippen molar-refractivity contribution >= 4 is 11.7 Å². The molecule has 0 radical (unpaired) electrons. The van der Waals surface area contributed by atoms with E-state index in [2.05, 4.69) is 20.7 Å². The van der Waals surface area contributed by atoms with Crippen LogP contribution in [-0.4, -0.2) is 26.8 Å². The topological polar surface area (TPSA) is 71.8 Å². The van der Waals surface area contributed by atoms with Crippen molar-refractivity contribution in [1.29, 1.82) is 0 Å². The molecule has 3 heterocycles. The van der Waals surface area contributed by atoms with Gasteiger partial charge in [0.05, 0.1) is 30.7 Å². The van der Waals surface area contributed by atoms with Crippen LogP contribution in [0.15, 0.2) is 42.7 Å². The normalized spacial score (nSPS) is 17.9. The van der Waals surface area contributed by atoms with Gasteiger partial charge in [0.15, 0.2) is 6.04 Å². The molecule has 11 heteroatoms. The zero-order valence-electron chi connectivity index (χ0n) is 17.5. The Morgan fingerprint density at radius 2 is 1.94 bits per heavy atom. The van der Waals surface area contributed by atoms with Crippen LogP contribution in [0.5, 0.6) is 0 Å². The first-order chi connectivity index (χ1) is 15.7. The number of aromatic nitrogens is 3. The van der Waals surface area contributed by atoms with E-state index < -0.39 is 35.8 Å². The average molecular weight is 465 g/mol. The summed E-state index contributed by atoms with van der Waals surface area (Å²) in [5, 5.41) is 9.20. The molecule has 0 unspecified atom stereocenters. The highest BCUT2D eigenvalue weighted by molar-refractivity contribution is 5.98. The highest BCUT2D eigenvalue weighted by Crippen LogP contribution is 2.44. The van der Waals surface area contributed by atoms with Gasteiger partial charge in [-0.25, -0.2) is 13.5 Å². The second-order valence-electron chi connectivity index (χ2n) is 7.70. The van der Waals surface area contributed by atoms with Crippen molar-refractivity contribution in [3.05, 3.63) is 76.7 Å². The van der Waals surface area contributed by atoms with Gasteiger partial charge in [-0.05, 0) is 17.5 Å². The first-order valence-electron chi connectivity index (χ1n) is 10.2. The third-order valence-corrected chi connectivity index (χ3v) is 5.57. The molecule has 1 aliphatic heterocycles. The zero-order chi connectivity index (χ0) is 23.8. The lowest BCUT2D eigenvalue weighted by atomic mass is 9.95. The molecule has 3 aromatic rings. The Morgan fingerprint density at radius 1 is 1.21 bits per heavy atom. The molecule has 0 fully saturated rings. The maximum Gasteiger partial charge on any atom is 0.410 e. The lowest BCUT2D eigenvalue weighted by Crippen LogP contribution is -2.36. The van der Waals surface area contributed by atoms with Crippen molar-refractivity contribution in [2.45, 2.75) is 44.6 Å². The Morgan fingerprint density at radius 3 is 2.58 bits per heavy atom. The molecule has 0 bridgehead atoms. The molecule has 4 rings (SSSR count). The molecular formula is C22H20F5N5O. The predicted octanol–water partition coefficient (Wildman–Crippen LogP) is 4.71. The number of nitrogens with one attached hydrogen (secondary N) is 2. The number of carbonyl (C=O) groups is 1. The summed E-state index contributed by atoms with van der Waals surface area (Å²) < 4.78 is 69.0. The van der Waals surface area contributed by atoms with Crippen molar-refractivity contribution < 1.29 is 26.7 Å². The van der Waals surface area contributed by atoms with Crippen molar-refractivity contribution in [2.75, 3.05) is 5.32 Å². The summed E-state index contributed by atoms with van der Waals surface area (Å²) in [6.07, 6.45) is -2.25. The fourth-order valence-electron chi connectivity index (χ4n) is 3.77. The van der Waals surface area contributed by atoms with Crippen LogP contribution in [0.2, 0.25) is 0 Å². The molecule has 2 atom stereocenters. The van der Waals surface area contributed by atoms with Crippen LogP contribution >= 0.6 is 0 Å². The van der Waals surface area contributed by atoms with E-state index in [0.717, 1.165) is 29.1 Å². The maximum atomic E-state index is 13.8. The molecule has 6 nitrogen and oxygen atoms in total. The lowest BCUT2D eigenvalue weighted by Gasteiger charge is -2.34. The number of pyridine rings is 1.